The molecule has 19 heavy (non-hydrogen) atoms. The Morgan fingerprint density at radius 3 is 2.42 bits per heavy atom. The number of halogens is 2. The van der Waals surface area contributed by atoms with E-state index in [1.807, 2.05) is 0 Å². The van der Waals surface area contributed by atoms with Gasteiger partial charge in [0.25, 0.3) is 0 Å². The zero-order valence-corrected chi connectivity index (χ0v) is 10.4. The number of aromatic nitrogens is 1. The van der Waals surface area contributed by atoms with Gasteiger partial charge in [0, 0.05) is 11.8 Å². The van der Waals surface area contributed by atoms with Gasteiger partial charge in [-0.1, -0.05) is 5.16 Å². The van der Waals surface area contributed by atoms with Crippen molar-refractivity contribution in [3.63, 3.8) is 0 Å². The van der Waals surface area contributed by atoms with Crippen LogP contribution in [0.5, 0.6) is 0 Å². The molecule has 0 aliphatic carbocycles. The average molecular weight is 288 g/mol. The maximum Gasteiger partial charge on any atom is 0.341 e. The molecule has 2 rings (SSSR count). The van der Waals surface area contributed by atoms with Gasteiger partial charge in [0.05, 0.1) is 11.4 Å². The van der Waals surface area contributed by atoms with Crippen LogP contribution in [0.3, 0.4) is 0 Å². The first-order valence-corrected chi connectivity index (χ1v) is 6.80. The summed E-state index contributed by atoms with van der Waals surface area (Å²) in [5.74, 6) is -3.42. The third-order valence-electron chi connectivity index (χ3n) is 2.38. The molecule has 0 spiro atoms. The molecule has 0 saturated heterocycles. The molecule has 0 aliphatic rings. The van der Waals surface area contributed by atoms with Crippen LogP contribution in [-0.2, 0) is 16.4 Å². The lowest BCUT2D eigenvalue weighted by Crippen LogP contribution is -2.11. The van der Waals surface area contributed by atoms with Gasteiger partial charge in [-0.25, -0.2) is 8.42 Å². The van der Waals surface area contributed by atoms with Crippen LogP contribution in [0.2, 0.25) is 0 Å². The molecule has 8 heteroatoms. The Bertz CT molecular complexity index is 624. The minimum atomic E-state index is -4.54. The number of benzene rings is 1. The Morgan fingerprint density at radius 1 is 1.21 bits per heavy atom. The third-order valence-corrected chi connectivity index (χ3v) is 3.78. The van der Waals surface area contributed by atoms with E-state index >= 15 is 0 Å². The highest BCUT2D eigenvalue weighted by molar-refractivity contribution is 7.91. The topological polar surface area (TPSA) is 72.2 Å². The van der Waals surface area contributed by atoms with E-state index in [9.17, 15) is 17.2 Å². The maximum atomic E-state index is 12.3. The highest BCUT2D eigenvalue weighted by Gasteiger charge is 2.26. The van der Waals surface area contributed by atoms with Crippen LogP contribution in [0.1, 0.15) is 5.69 Å². The fraction of sp³-hybridized carbons (Fsp3) is 0.182. The average Bonchev–Trinajstić information content (AvgIpc) is 2.90. The molecular weight excluding hydrogens is 278 g/mol. The molecule has 1 N–H and O–H groups in total. The van der Waals surface area contributed by atoms with Crippen LogP contribution in [-0.4, -0.2) is 19.3 Å². The number of nitrogens with zero attached hydrogens (tertiary/aromatic N) is 1. The van der Waals surface area contributed by atoms with Gasteiger partial charge in [-0.3, -0.25) is 0 Å². The summed E-state index contributed by atoms with van der Waals surface area (Å²) >= 11 is 0. The number of hydrogen-bond acceptors (Lipinski definition) is 5. The van der Waals surface area contributed by atoms with Crippen LogP contribution in [0.4, 0.5) is 14.5 Å². The van der Waals surface area contributed by atoms with E-state index in [0.717, 1.165) is 12.1 Å². The molecule has 2 aromatic rings. The number of rotatable bonds is 5. The first-order chi connectivity index (χ1) is 9.00. The minimum absolute atomic E-state index is 0.386. The van der Waals surface area contributed by atoms with Crippen molar-refractivity contribution in [3.8, 4) is 0 Å². The van der Waals surface area contributed by atoms with E-state index in [-0.39, 0.29) is 0 Å². The fourth-order valence-electron chi connectivity index (χ4n) is 1.39. The lowest BCUT2D eigenvalue weighted by atomic mass is 10.3. The van der Waals surface area contributed by atoms with Crippen molar-refractivity contribution in [3.05, 3.63) is 42.3 Å². The number of nitrogens with one attached hydrogen (secondary N) is 1. The van der Waals surface area contributed by atoms with E-state index < -0.39 is 20.5 Å². The Balaban J connectivity index is 2.07. The summed E-state index contributed by atoms with van der Waals surface area (Å²) in [4.78, 5) is -0.408. The van der Waals surface area contributed by atoms with Crippen molar-refractivity contribution in [2.75, 3.05) is 5.32 Å². The molecular formula is C11H10F2N2O3S. The van der Waals surface area contributed by atoms with Crippen molar-refractivity contribution in [2.24, 2.45) is 0 Å². The molecule has 1 aromatic heterocycles. The molecule has 5 nitrogen and oxygen atoms in total. The van der Waals surface area contributed by atoms with Crippen molar-refractivity contribution >= 4 is 15.5 Å². The Kier molecular flexibility index (Phi) is 3.79. The van der Waals surface area contributed by atoms with Crippen molar-refractivity contribution in [1.29, 1.82) is 0 Å². The van der Waals surface area contributed by atoms with Crippen molar-refractivity contribution in [1.82, 2.24) is 5.16 Å². The second-order valence-corrected chi connectivity index (χ2v) is 5.59. The Labute approximate surface area is 108 Å². The third kappa shape index (κ3) is 3.08. The standard InChI is InChI=1S/C11H10F2N2O3S/c12-11(13)19(16,17)10-3-1-8(2-4-10)14-7-9-5-6-18-15-9/h1-6,11,14H,7H2. The second-order valence-electron chi connectivity index (χ2n) is 3.67. The summed E-state index contributed by atoms with van der Waals surface area (Å²) in [6.07, 6.45) is 1.43. The van der Waals surface area contributed by atoms with Gasteiger partial charge in [0.15, 0.2) is 0 Å². The van der Waals surface area contributed by atoms with E-state index in [1.165, 1.54) is 18.4 Å². The van der Waals surface area contributed by atoms with Crippen molar-refractivity contribution < 1.29 is 21.7 Å². The summed E-state index contributed by atoms with van der Waals surface area (Å²) in [5.41, 5.74) is 1.26. The minimum Gasteiger partial charge on any atom is -0.379 e. The molecule has 0 saturated carbocycles. The first-order valence-electron chi connectivity index (χ1n) is 5.25. The molecule has 102 valence electrons. The van der Waals surface area contributed by atoms with Gasteiger partial charge < -0.3 is 9.84 Å². The lowest BCUT2D eigenvalue weighted by molar-refractivity contribution is 0.234. The van der Waals surface area contributed by atoms with E-state index in [2.05, 4.69) is 15.0 Å². The number of anilines is 1. The van der Waals surface area contributed by atoms with E-state index in [4.69, 9.17) is 0 Å². The molecule has 0 bridgehead atoms. The molecule has 0 unspecified atom stereocenters. The van der Waals surface area contributed by atoms with Gasteiger partial charge in [-0.2, -0.15) is 8.78 Å². The molecule has 0 aliphatic heterocycles. The maximum absolute atomic E-state index is 12.3. The molecule has 0 fully saturated rings. The number of sulfone groups is 1. The van der Waals surface area contributed by atoms with Crippen LogP contribution < -0.4 is 5.32 Å². The molecule has 1 heterocycles. The fourth-order valence-corrected chi connectivity index (χ4v) is 2.11. The van der Waals surface area contributed by atoms with Crippen molar-refractivity contribution in [2.45, 2.75) is 17.2 Å². The van der Waals surface area contributed by atoms with Crippen LogP contribution >= 0.6 is 0 Å². The monoisotopic (exact) mass is 288 g/mol. The summed E-state index contributed by atoms with van der Waals surface area (Å²) < 4.78 is 51.7. The largest absolute Gasteiger partial charge is 0.379 e. The summed E-state index contributed by atoms with van der Waals surface area (Å²) in [6, 6.07) is 6.76. The summed E-state index contributed by atoms with van der Waals surface area (Å²) in [5, 5.41) is 6.63. The highest BCUT2D eigenvalue weighted by atomic mass is 32.2. The second kappa shape index (κ2) is 5.35. The van der Waals surface area contributed by atoms with Gasteiger partial charge >= 0.3 is 5.76 Å². The molecule has 0 amide bonds. The zero-order valence-electron chi connectivity index (χ0n) is 9.58. The smallest absolute Gasteiger partial charge is 0.341 e. The van der Waals surface area contributed by atoms with E-state index in [1.54, 1.807) is 6.07 Å². The van der Waals surface area contributed by atoms with E-state index in [0.29, 0.717) is 17.9 Å². The lowest BCUT2D eigenvalue weighted by Gasteiger charge is -2.06. The molecule has 0 radical (unpaired) electrons. The zero-order chi connectivity index (χ0) is 13.9. The number of alkyl halides is 2. The van der Waals surface area contributed by atoms with Crippen LogP contribution in [0.25, 0.3) is 0 Å². The highest BCUT2D eigenvalue weighted by Crippen LogP contribution is 2.20. The number of hydrogen-bond donors (Lipinski definition) is 1. The quantitative estimate of drug-likeness (QED) is 0.913. The van der Waals surface area contributed by atoms with Crippen LogP contribution in [0, 0.1) is 0 Å². The Hall–Kier alpha value is -1.96. The summed E-state index contributed by atoms with van der Waals surface area (Å²) in [7, 11) is -4.54. The molecule has 0 atom stereocenters. The Morgan fingerprint density at radius 2 is 1.89 bits per heavy atom. The van der Waals surface area contributed by atoms with Crippen LogP contribution in [0.15, 0.2) is 46.0 Å². The molecule has 1 aromatic carbocycles. The normalized spacial score (nSPS) is 11.7. The van der Waals surface area contributed by atoms with Gasteiger partial charge in [-0.05, 0) is 24.3 Å². The predicted octanol–water partition coefficient (Wildman–Crippen LogP) is 2.28. The first kappa shape index (κ1) is 13.5. The van der Waals surface area contributed by atoms with Gasteiger partial charge in [0.2, 0.25) is 9.84 Å². The SMILES string of the molecule is O=S(=O)(c1ccc(NCc2ccon2)cc1)C(F)F. The summed E-state index contributed by atoms with van der Waals surface area (Å²) in [6.45, 7) is 0.386. The van der Waals surface area contributed by atoms with Gasteiger partial charge in [-0.15, -0.1) is 0 Å². The van der Waals surface area contributed by atoms with Gasteiger partial charge in [0.1, 0.15) is 12.0 Å². The predicted molar refractivity (Wildman–Crippen MR) is 63.5 cm³/mol.